The highest BCUT2D eigenvalue weighted by Crippen LogP contribution is 2.22. The van der Waals surface area contributed by atoms with Crippen molar-refractivity contribution in [3.63, 3.8) is 0 Å². The molecule has 1 atom stereocenters. The van der Waals surface area contributed by atoms with Crippen LogP contribution in [0.2, 0.25) is 0 Å². The Bertz CT molecular complexity index is 657. The summed E-state index contributed by atoms with van der Waals surface area (Å²) in [5.74, 6) is -1.28. The number of carbonyl (C=O) groups is 3. The Balaban J connectivity index is 1.70. The maximum absolute atomic E-state index is 12.7. The number of carboxylic acids is 1. The van der Waals surface area contributed by atoms with E-state index in [4.69, 9.17) is 0 Å². The van der Waals surface area contributed by atoms with E-state index in [-0.39, 0.29) is 18.0 Å². The molecular weight excluding hydrogens is 310 g/mol. The minimum absolute atomic E-state index is 0.250. The summed E-state index contributed by atoms with van der Waals surface area (Å²) in [5, 5.41) is 14.8. The highest BCUT2D eigenvalue weighted by Gasteiger charge is 2.32. The highest BCUT2D eigenvalue weighted by atomic mass is 16.4. The summed E-state index contributed by atoms with van der Waals surface area (Å²) in [6.07, 6.45) is 4.08. The molecule has 1 saturated carbocycles. The number of hydrogen-bond donors (Lipinski definition) is 3. The first kappa shape index (κ1) is 16.3. The van der Waals surface area contributed by atoms with Gasteiger partial charge in [-0.1, -0.05) is 6.07 Å². The lowest BCUT2D eigenvalue weighted by atomic mass is 10.0. The first-order chi connectivity index (χ1) is 11.5. The Hall–Kier alpha value is -2.57. The third-order valence-corrected chi connectivity index (χ3v) is 4.33. The SMILES string of the molecule is O=C(Nc1cccc(C(=O)N2CCCC[C@@H]2C(=O)O)c1)NC1CC1. The predicted octanol–water partition coefficient (Wildman–Crippen LogP) is 2.05. The van der Waals surface area contributed by atoms with Gasteiger partial charge in [0.2, 0.25) is 0 Å². The minimum atomic E-state index is -0.971. The van der Waals surface area contributed by atoms with Crippen molar-refractivity contribution in [1.29, 1.82) is 0 Å². The van der Waals surface area contributed by atoms with Crippen LogP contribution in [0.25, 0.3) is 0 Å². The van der Waals surface area contributed by atoms with Crippen molar-refractivity contribution in [2.24, 2.45) is 0 Å². The molecule has 7 nitrogen and oxygen atoms in total. The molecule has 1 aliphatic carbocycles. The van der Waals surface area contributed by atoms with Gasteiger partial charge in [-0.05, 0) is 50.3 Å². The topological polar surface area (TPSA) is 98.7 Å². The van der Waals surface area contributed by atoms with Crippen LogP contribution >= 0.6 is 0 Å². The smallest absolute Gasteiger partial charge is 0.326 e. The fraction of sp³-hybridized carbons (Fsp3) is 0.471. The molecule has 3 amide bonds. The van der Waals surface area contributed by atoms with Crippen LogP contribution in [0.1, 0.15) is 42.5 Å². The number of carboxylic acid groups (broad SMARTS) is 1. The van der Waals surface area contributed by atoms with E-state index in [1.54, 1.807) is 24.3 Å². The van der Waals surface area contributed by atoms with Gasteiger partial charge < -0.3 is 20.6 Å². The number of urea groups is 1. The van der Waals surface area contributed by atoms with Gasteiger partial charge in [0, 0.05) is 23.8 Å². The molecule has 1 aromatic rings. The van der Waals surface area contributed by atoms with Gasteiger partial charge in [-0.15, -0.1) is 0 Å². The Kier molecular flexibility index (Phi) is 4.69. The molecule has 2 fully saturated rings. The first-order valence-electron chi connectivity index (χ1n) is 8.26. The van der Waals surface area contributed by atoms with Crippen LogP contribution in [0, 0.1) is 0 Å². The number of benzene rings is 1. The van der Waals surface area contributed by atoms with E-state index in [0.717, 1.165) is 25.7 Å². The molecule has 0 unspecified atom stereocenters. The molecule has 0 radical (unpaired) electrons. The second-order valence-corrected chi connectivity index (χ2v) is 6.30. The van der Waals surface area contributed by atoms with Gasteiger partial charge in [0.15, 0.2) is 0 Å². The second-order valence-electron chi connectivity index (χ2n) is 6.30. The standard InChI is InChI=1S/C17H21N3O4/c21-15(20-9-2-1-6-14(20)16(22)23)11-4-3-5-13(10-11)19-17(24)18-12-7-8-12/h3-5,10,12,14H,1-2,6-9H2,(H,22,23)(H2,18,19,24)/t14-/m1/s1. The number of piperidine rings is 1. The van der Waals surface area contributed by atoms with E-state index in [1.807, 2.05) is 0 Å². The molecule has 2 aliphatic rings. The average molecular weight is 331 g/mol. The fourth-order valence-electron chi connectivity index (χ4n) is 2.91. The van der Waals surface area contributed by atoms with Gasteiger partial charge in [-0.25, -0.2) is 9.59 Å². The molecular formula is C17H21N3O4. The van der Waals surface area contributed by atoms with Crippen molar-refractivity contribution in [2.75, 3.05) is 11.9 Å². The molecule has 128 valence electrons. The molecule has 24 heavy (non-hydrogen) atoms. The number of hydrogen-bond acceptors (Lipinski definition) is 3. The molecule has 1 aliphatic heterocycles. The molecule has 3 rings (SSSR count). The zero-order chi connectivity index (χ0) is 17.1. The van der Waals surface area contributed by atoms with Crippen LogP contribution in [0.4, 0.5) is 10.5 Å². The number of carbonyl (C=O) groups excluding carboxylic acids is 2. The van der Waals surface area contributed by atoms with Gasteiger partial charge in [0.25, 0.3) is 5.91 Å². The summed E-state index contributed by atoms with van der Waals surface area (Å²) < 4.78 is 0. The van der Waals surface area contributed by atoms with E-state index in [0.29, 0.717) is 24.2 Å². The van der Waals surface area contributed by atoms with E-state index in [9.17, 15) is 19.5 Å². The molecule has 1 heterocycles. The summed E-state index contributed by atoms with van der Waals surface area (Å²) in [6, 6.07) is 5.79. The maximum atomic E-state index is 12.7. The van der Waals surface area contributed by atoms with Crippen LogP contribution in [-0.2, 0) is 4.79 Å². The van der Waals surface area contributed by atoms with Gasteiger partial charge in [-0.3, -0.25) is 4.79 Å². The molecule has 7 heteroatoms. The second kappa shape index (κ2) is 6.90. The normalized spacial score (nSPS) is 20.3. The molecule has 0 spiro atoms. The number of likely N-dealkylation sites (tertiary alicyclic amines) is 1. The molecule has 1 saturated heterocycles. The lowest BCUT2D eigenvalue weighted by Gasteiger charge is -2.33. The lowest BCUT2D eigenvalue weighted by molar-refractivity contribution is -0.143. The summed E-state index contributed by atoms with van der Waals surface area (Å²) in [5.41, 5.74) is 0.898. The van der Waals surface area contributed by atoms with Crippen molar-refractivity contribution in [2.45, 2.75) is 44.2 Å². The zero-order valence-corrected chi connectivity index (χ0v) is 13.3. The molecule has 3 N–H and O–H groups in total. The Morgan fingerprint density at radius 2 is 1.92 bits per heavy atom. The maximum Gasteiger partial charge on any atom is 0.326 e. The largest absolute Gasteiger partial charge is 0.480 e. The monoisotopic (exact) mass is 331 g/mol. The van der Waals surface area contributed by atoms with Crippen LogP contribution in [0.15, 0.2) is 24.3 Å². The lowest BCUT2D eigenvalue weighted by Crippen LogP contribution is -2.48. The van der Waals surface area contributed by atoms with Crippen molar-refractivity contribution >= 4 is 23.6 Å². The van der Waals surface area contributed by atoms with Gasteiger partial charge in [-0.2, -0.15) is 0 Å². The quantitative estimate of drug-likeness (QED) is 0.786. The number of amides is 3. The zero-order valence-electron chi connectivity index (χ0n) is 13.3. The Labute approximate surface area is 140 Å². The predicted molar refractivity (Wildman–Crippen MR) is 87.9 cm³/mol. The highest BCUT2D eigenvalue weighted by molar-refractivity contribution is 5.98. The number of anilines is 1. The van der Waals surface area contributed by atoms with E-state index < -0.39 is 12.0 Å². The third-order valence-electron chi connectivity index (χ3n) is 4.33. The fourth-order valence-corrected chi connectivity index (χ4v) is 2.91. The van der Waals surface area contributed by atoms with Crippen LogP contribution in [0.5, 0.6) is 0 Å². The molecule has 1 aromatic carbocycles. The van der Waals surface area contributed by atoms with Crippen LogP contribution in [0.3, 0.4) is 0 Å². The van der Waals surface area contributed by atoms with Crippen molar-refractivity contribution in [3.8, 4) is 0 Å². The number of aliphatic carboxylic acids is 1. The minimum Gasteiger partial charge on any atom is -0.480 e. The molecule has 0 aromatic heterocycles. The number of rotatable bonds is 4. The van der Waals surface area contributed by atoms with Gasteiger partial charge in [0.1, 0.15) is 6.04 Å². The van der Waals surface area contributed by atoms with Crippen molar-refractivity contribution in [3.05, 3.63) is 29.8 Å². The first-order valence-corrected chi connectivity index (χ1v) is 8.26. The van der Waals surface area contributed by atoms with Crippen LogP contribution in [-0.4, -0.2) is 46.5 Å². The van der Waals surface area contributed by atoms with E-state index in [1.165, 1.54) is 4.90 Å². The van der Waals surface area contributed by atoms with Crippen LogP contribution < -0.4 is 10.6 Å². The third kappa shape index (κ3) is 3.84. The average Bonchev–Trinajstić information content (AvgIpc) is 3.38. The Morgan fingerprint density at radius 3 is 2.62 bits per heavy atom. The van der Waals surface area contributed by atoms with Crippen molar-refractivity contribution in [1.82, 2.24) is 10.2 Å². The number of nitrogens with one attached hydrogen (secondary N) is 2. The van der Waals surface area contributed by atoms with Crippen molar-refractivity contribution < 1.29 is 19.5 Å². The summed E-state index contributed by atoms with van der Waals surface area (Å²) in [4.78, 5) is 37.2. The molecule has 0 bridgehead atoms. The summed E-state index contributed by atoms with van der Waals surface area (Å²) >= 11 is 0. The van der Waals surface area contributed by atoms with Gasteiger partial charge >= 0.3 is 12.0 Å². The van der Waals surface area contributed by atoms with Gasteiger partial charge in [0.05, 0.1) is 0 Å². The summed E-state index contributed by atoms with van der Waals surface area (Å²) in [6.45, 7) is 0.440. The Morgan fingerprint density at radius 1 is 1.12 bits per heavy atom. The summed E-state index contributed by atoms with van der Waals surface area (Å²) in [7, 11) is 0. The van der Waals surface area contributed by atoms with E-state index >= 15 is 0 Å². The number of nitrogens with zero attached hydrogens (tertiary/aromatic N) is 1. The van der Waals surface area contributed by atoms with E-state index in [2.05, 4.69) is 10.6 Å².